The van der Waals surface area contributed by atoms with E-state index in [0.717, 1.165) is 23.9 Å². The number of piperidine rings is 1. The van der Waals surface area contributed by atoms with Gasteiger partial charge in [0, 0.05) is 25.7 Å². The van der Waals surface area contributed by atoms with E-state index in [1.54, 1.807) is 23.8 Å². The summed E-state index contributed by atoms with van der Waals surface area (Å²) in [6.07, 6.45) is 1.47. The Kier molecular flexibility index (Phi) is 6.06. The first-order valence-electron chi connectivity index (χ1n) is 10.6. The van der Waals surface area contributed by atoms with Crippen LogP contribution < -0.4 is 25.8 Å². The van der Waals surface area contributed by atoms with Crippen molar-refractivity contribution in [2.24, 2.45) is 0 Å². The molecule has 0 unspecified atom stereocenters. The molecule has 0 radical (unpaired) electrons. The van der Waals surface area contributed by atoms with E-state index in [1.807, 2.05) is 48.2 Å². The molecule has 0 bridgehead atoms. The van der Waals surface area contributed by atoms with E-state index in [1.165, 1.54) is 0 Å². The largest absolute Gasteiger partial charge is 0.495 e. The molecule has 1 saturated heterocycles. The van der Waals surface area contributed by atoms with Crippen LogP contribution in [0.3, 0.4) is 0 Å². The summed E-state index contributed by atoms with van der Waals surface area (Å²) in [4.78, 5) is 32.1. The third-order valence-electron chi connectivity index (χ3n) is 5.64. The Labute approximate surface area is 180 Å². The molecule has 1 aromatic heterocycles. The maximum Gasteiger partial charge on any atom is 0.319 e. The van der Waals surface area contributed by atoms with Crippen molar-refractivity contribution in [1.82, 2.24) is 14.9 Å². The van der Waals surface area contributed by atoms with Crippen LogP contribution in [-0.4, -0.2) is 41.8 Å². The van der Waals surface area contributed by atoms with E-state index in [2.05, 4.69) is 15.6 Å². The first-order valence-corrected chi connectivity index (χ1v) is 10.6. The molecule has 162 valence electrons. The molecule has 2 aromatic carbocycles. The Morgan fingerprint density at radius 2 is 1.84 bits per heavy atom. The minimum absolute atomic E-state index is 0.0276. The molecular formula is C23H27N5O3. The number of hydrogen-bond acceptors (Lipinski definition) is 5. The van der Waals surface area contributed by atoms with Crippen molar-refractivity contribution in [2.45, 2.75) is 32.4 Å². The number of hydrogen-bond donors (Lipinski definition) is 2. The third-order valence-corrected chi connectivity index (χ3v) is 5.64. The number of fused-ring (bicyclic) bond motifs is 1. The van der Waals surface area contributed by atoms with E-state index >= 15 is 0 Å². The number of carbonyl (C=O) groups is 1. The van der Waals surface area contributed by atoms with Crippen LogP contribution >= 0.6 is 0 Å². The van der Waals surface area contributed by atoms with Crippen LogP contribution in [0.4, 0.5) is 16.3 Å². The number of methoxy groups -OCH3 is 1. The zero-order valence-electron chi connectivity index (χ0n) is 17.8. The molecule has 3 aromatic rings. The number of amides is 2. The molecule has 1 aliphatic heterocycles. The Morgan fingerprint density at radius 1 is 1.13 bits per heavy atom. The van der Waals surface area contributed by atoms with Crippen molar-refractivity contribution in [3.05, 3.63) is 58.9 Å². The highest BCUT2D eigenvalue weighted by Gasteiger charge is 2.24. The van der Waals surface area contributed by atoms with Crippen LogP contribution in [0.15, 0.2) is 53.3 Å². The number of nitrogens with one attached hydrogen (secondary N) is 2. The van der Waals surface area contributed by atoms with E-state index < -0.39 is 0 Å². The number of benzene rings is 2. The van der Waals surface area contributed by atoms with E-state index in [4.69, 9.17) is 4.74 Å². The number of carbonyl (C=O) groups excluding carboxylic acids is 1. The van der Waals surface area contributed by atoms with Crippen LogP contribution in [0.2, 0.25) is 0 Å². The quantitative estimate of drug-likeness (QED) is 0.660. The van der Waals surface area contributed by atoms with Gasteiger partial charge in [0.1, 0.15) is 5.75 Å². The first kappa shape index (κ1) is 20.7. The number of aryl methyl sites for hydroxylation is 1. The summed E-state index contributed by atoms with van der Waals surface area (Å²) in [5.41, 5.74) is 2.22. The van der Waals surface area contributed by atoms with Crippen LogP contribution in [0.1, 0.15) is 19.8 Å². The highest BCUT2D eigenvalue weighted by molar-refractivity contribution is 5.91. The smallest absolute Gasteiger partial charge is 0.319 e. The lowest BCUT2D eigenvalue weighted by atomic mass is 10.1. The van der Waals surface area contributed by atoms with Gasteiger partial charge >= 0.3 is 6.03 Å². The van der Waals surface area contributed by atoms with Gasteiger partial charge in [-0.25, -0.2) is 9.78 Å². The lowest BCUT2D eigenvalue weighted by Crippen LogP contribution is -2.47. The fourth-order valence-electron chi connectivity index (χ4n) is 4.03. The summed E-state index contributed by atoms with van der Waals surface area (Å²) in [5, 5.41) is 5.86. The fourth-order valence-corrected chi connectivity index (χ4v) is 4.03. The molecule has 8 heteroatoms. The standard InChI is InChI=1S/C23H27N5O3/c1-3-28-19-10-6-4-8-17(19)25-21(22(28)29)27-14-12-16(13-15-27)24-23(30)26-18-9-5-7-11-20(18)31-2/h4-11,16H,3,12-15H2,1-2H3,(H2,24,26,30). The summed E-state index contributed by atoms with van der Waals surface area (Å²) >= 11 is 0. The van der Waals surface area contributed by atoms with Crippen molar-refractivity contribution in [2.75, 3.05) is 30.4 Å². The normalized spacial score (nSPS) is 14.5. The molecule has 8 nitrogen and oxygen atoms in total. The van der Waals surface area contributed by atoms with Crippen molar-refractivity contribution < 1.29 is 9.53 Å². The van der Waals surface area contributed by atoms with Crippen molar-refractivity contribution in [1.29, 1.82) is 0 Å². The number of ether oxygens (including phenoxy) is 1. The molecular weight excluding hydrogens is 394 g/mol. The SMILES string of the molecule is CCn1c(=O)c(N2CCC(NC(=O)Nc3ccccc3OC)CC2)nc2ccccc21. The Balaban J connectivity index is 1.42. The van der Waals surface area contributed by atoms with Crippen LogP contribution in [0, 0.1) is 0 Å². The summed E-state index contributed by atoms with van der Waals surface area (Å²) in [7, 11) is 1.57. The van der Waals surface area contributed by atoms with Gasteiger partial charge in [0.05, 0.1) is 23.8 Å². The van der Waals surface area contributed by atoms with Crippen molar-refractivity contribution >= 4 is 28.6 Å². The number of nitrogens with zero attached hydrogens (tertiary/aromatic N) is 3. The number of rotatable bonds is 5. The summed E-state index contributed by atoms with van der Waals surface area (Å²) in [6, 6.07) is 14.8. The Morgan fingerprint density at radius 3 is 2.58 bits per heavy atom. The van der Waals surface area contributed by atoms with Crippen LogP contribution in [-0.2, 0) is 6.54 Å². The maximum absolute atomic E-state index is 13.0. The minimum atomic E-state index is -0.264. The number of anilines is 2. The average molecular weight is 422 g/mol. The zero-order chi connectivity index (χ0) is 21.8. The van der Waals surface area contributed by atoms with E-state index in [9.17, 15) is 9.59 Å². The molecule has 4 rings (SSSR count). The van der Waals surface area contributed by atoms with E-state index in [0.29, 0.717) is 36.9 Å². The van der Waals surface area contributed by atoms with Gasteiger partial charge in [0.2, 0.25) is 0 Å². The lowest BCUT2D eigenvalue weighted by molar-refractivity contribution is 0.246. The minimum Gasteiger partial charge on any atom is -0.495 e. The van der Waals surface area contributed by atoms with Gasteiger partial charge in [0.25, 0.3) is 5.56 Å². The second kappa shape index (κ2) is 9.07. The third kappa shape index (κ3) is 4.33. The van der Waals surface area contributed by atoms with Gasteiger partial charge in [-0.2, -0.15) is 0 Å². The van der Waals surface area contributed by atoms with Gasteiger partial charge < -0.3 is 24.8 Å². The summed E-state index contributed by atoms with van der Waals surface area (Å²) in [5.74, 6) is 1.10. The molecule has 0 aliphatic carbocycles. The van der Waals surface area contributed by atoms with Gasteiger partial charge in [-0.15, -0.1) is 0 Å². The highest BCUT2D eigenvalue weighted by Crippen LogP contribution is 2.23. The van der Waals surface area contributed by atoms with Gasteiger partial charge in [-0.05, 0) is 44.0 Å². The predicted molar refractivity (Wildman–Crippen MR) is 122 cm³/mol. The summed E-state index contributed by atoms with van der Waals surface area (Å²) in [6.45, 7) is 3.87. The maximum atomic E-state index is 13.0. The van der Waals surface area contributed by atoms with Gasteiger partial charge in [-0.3, -0.25) is 4.79 Å². The fraction of sp³-hybridized carbons (Fsp3) is 0.348. The van der Waals surface area contributed by atoms with Crippen molar-refractivity contribution in [3.63, 3.8) is 0 Å². The number of aromatic nitrogens is 2. The second-order valence-electron chi connectivity index (χ2n) is 7.53. The predicted octanol–water partition coefficient (Wildman–Crippen LogP) is 3.22. The first-order chi connectivity index (χ1) is 15.1. The molecule has 2 amide bonds. The topological polar surface area (TPSA) is 88.5 Å². The number of urea groups is 1. The lowest BCUT2D eigenvalue weighted by Gasteiger charge is -2.33. The number of para-hydroxylation sites is 4. The second-order valence-corrected chi connectivity index (χ2v) is 7.53. The van der Waals surface area contributed by atoms with Gasteiger partial charge in [0.15, 0.2) is 5.82 Å². The highest BCUT2D eigenvalue weighted by atomic mass is 16.5. The molecule has 0 spiro atoms. The average Bonchev–Trinajstić information content (AvgIpc) is 2.79. The molecule has 1 fully saturated rings. The molecule has 1 aliphatic rings. The molecule has 2 heterocycles. The van der Waals surface area contributed by atoms with Gasteiger partial charge in [-0.1, -0.05) is 24.3 Å². The Bertz CT molecular complexity index is 1140. The summed E-state index contributed by atoms with van der Waals surface area (Å²) < 4.78 is 7.04. The monoisotopic (exact) mass is 421 g/mol. The molecule has 31 heavy (non-hydrogen) atoms. The molecule has 0 saturated carbocycles. The Hall–Kier alpha value is -3.55. The van der Waals surface area contributed by atoms with Crippen LogP contribution in [0.25, 0.3) is 11.0 Å². The van der Waals surface area contributed by atoms with E-state index in [-0.39, 0.29) is 17.6 Å². The molecule has 0 atom stereocenters. The van der Waals surface area contributed by atoms with Crippen molar-refractivity contribution in [3.8, 4) is 5.75 Å². The van der Waals surface area contributed by atoms with Crippen LogP contribution in [0.5, 0.6) is 5.75 Å². The molecule has 2 N–H and O–H groups in total. The zero-order valence-corrected chi connectivity index (χ0v) is 17.8.